The zero-order valence-corrected chi connectivity index (χ0v) is 10.2. The highest BCUT2D eigenvalue weighted by Crippen LogP contribution is 2.40. The molecule has 0 unspecified atom stereocenters. The first-order valence-corrected chi connectivity index (χ1v) is 5.66. The third kappa shape index (κ3) is 2.82. The highest BCUT2D eigenvalue weighted by atomic mass is 35.5. The van der Waals surface area contributed by atoms with Gasteiger partial charge in [0, 0.05) is 12.1 Å². The molecule has 0 heterocycles. The van der Waals surface area contributed by atoms with Crippen molar-refractivity contribution in [3.05, 3.63) is 33.3 Å². The summed E-state index contributed by atoms with van der Waals surface area (Å²) < 4.78 is 4.92. The maximum absolute atomic E-state index is 11.6. The Bertz CT molecular complexity index is 572. The Morgan fingerprint density at radius 1 is 1.42 bits per heavy atom. The lowest BCUT2D eigenvalue weighted by Gasteiger charge is -2.04. The zero-order chi connectivity index (χ0) is 14.2. The molecule has 2 atom stereocenters. The van der Waals surface area contributed by atoms with Crippen molar-refractivity contribution in [1.82, 2.24) is 0 Å². The summed E-state index contributed by atoms with van der Waals surface area (Å²) in [5.41, 5.74) is -0.295. The lowest BCUT2D eigenvalue weighted by molar-refractivity contribution is -0.384. The van der Waals surface area contributed by atoms with Gasteiger partial charge in [-0.2, -0.15) is 0 Å². The SMILES string of the molecule is O=C(O)[C@@H]1C[C@H]1C(=O)Oc1ccc([N+](=O)[O-])c(Cl)c1. The average molecular weight is 286 g/mol. The lowest BCUT2D eigenvalue weighted by atomic mass is 10.3. The smallest absolute Gasteiger partial charge is 0.315 e. The summed E-state index contributed by atoms with van der Waals surface area (Å²) in [5, 5.41) is 19.1. The second kappa shape index (κ2) is 4.85. The molecule has 19 heavy (non-hydrogen) atoms. The van der Waals surface area contributed by atoms with Gasteiger partial charge >= 0.3 is 11.9 Å². The Hall–Kier alpha value is -2.15. The summed E-state index contributed by atoms with van der Waals surface area (Å²) in [5.74, 6) is -3.02. The van der Waals surface area contributed by atoms with Gasteiger partial charge in [0.1, 0.15) is 10.8 Å². The molecular formula is C11H8ClNO6. The number of esters is 1. The monoisotopic (exact) mass is 285 g/mol. The molecule has 0 amide bonds. The predicted octanol–water partition coefficient (Wildman–Crippen LogP) is 1.87. The van der Waals surface area contributed by atoms with Crippen LogP contribution in [-0.2, 0) is 9.59 Å². The van der Waals surface area contributed by atoms with E-state index in [4.69, 9.17) is 21.4 Å². The van der Waals surface area contributed by atoms with Gasteiger partial charge in [-0.15, -0.1) is 0 Å². The Balaban J connectivity index is 2.04. The van der Waals surface area contributed by atoms with E-state index in [-0.39, 0.29) is 22.9 Å². The summed E-state index contributed by atoms with van der Waals surface area (Å²) in [6, 6.07) is 3.50. The van der Waals surface area contributed by atoms with Crippen LogP contribution in [0.5, 0.6) is 5.75 Å². The van der Waals surface area contributed by atoms with Crippen molar-refractivity contribution < 1.29 is 24.4 Å². The molecule has 0 spiro atoms. The van der Waals surface area contributed by atoms with Gasteiger partial charge in [-0.3, -0.25) is 19.7 Å². The molecule has 7 nitrogen and oxygen atoms in total. The number of rotatable bonds is 4. The van der Waals surface area contributed by atoms with Crippen LogP contribution in [0.3, 0.4) is 0 Å². The van der Waals surface area contributed by atoms with Gasteiger partial charge < -0.3 is 9.84 Å². The third-order valence-electron chi connectivity index (χ3n) is 2.74. The highest BCUT2D eigenvalue weighted by Gasteiger charge is 2.49. The predicted molar refractivity (Wildman–Crippen MR) is 63.0 cm³/mol. The minimum atomic E-state index is -1.04. The number of carbonyl (C=O) groups is 2. The number of nitrogens with zero attached hydrogens (tertiary/aromatic N) is 1. The van der Waals surface area contributed by atoms with Crippen LogP contribution in [0.2, 0.25) is 5.02 Å². The van der Waals surface area contributed by atoms with E-state index in [9.17, 15) is 19.7 Å². The van der Waals surface area contributed by atoms with Gasteiger partial charge in [-0.1, -0.05) is 11.6 Å². The number of nitro benzene ring substituents is 1. The molecule has 0 aromatic heterocycles. The van der Waals surface area contributed by atoms with E-state index in [2.05, 4.69) is 0 Å². The summed E-state index contributed by atoms with van der Waals surface area (Å²) in [6.07, 6.45) is 0.245. The Morgan fingerprint density at radius 3 is 2.58 bits per heavy atom. The van der Waals surface area contributed by atoms with E-state index < -0.39 is 28.7 Å². The van der Waals surface area contributed by atoms with Crippen molar-refractivity contribution >= 4 is 29.2 Å². The van der Waals surface area contributed by atoms with Crippen molar-refractivity contribution in [2.24, 2.45) is 11.8 Å². The number of carbonyl (C=O) groups excluding carboxylic acids is 1. The normalized spacial score (nSPS) is 20.7. The Morgan fingerprint density at radius 2 is 2.11 bits per heavy atom. The van der Waals surface area contributed by atoms with Crippen LogP contribution < -0.4 is 4.74 Å². The fourth-order valence-corrected chi connectivity index (χ4v) is 1.86. The first-order chi connectivity index (χ1) is 8.90. The number of benzene rings is 1. The van der Waals surface area contributed by atoms with E-state index in [1.165, 1.54) is 6.07 Å². The van der Waals surface area contributed by atoms with Gasteiger partial charge in [0.15, 0.2) is 0 Å². The number of halogens is 1. The Kier molecular flexibility index (Phi) is 3.39. The fraction of sp³-hybridized carbons (Fsp3) is 0.273. The number of hydrogen-bond acceptors (Lipinski definition) is 5. The molecule has 0 saturated heterocycles. The maximum atomic E-state index is 11.6. The molecule has 8 heteroatoms. The topological polar surface area (TPSA) is 107 Å². The minimum absolute atomic E-state index is 0.0524. The van der Waals surface area contributed by atoms with E-state index in [0.29, 0.717) is 0 Å². The molecular weight excluding hydrogens is 278 g/mol. The fourth-order valence-electron chi connectivity index (χ4n) is 1.62. The van der Waals surface area contributed by atoms with Gasteiger partial charge in [0.25, 0.3) is 5.69 Å². The number of aliphatic carboxylic acids is 1. The van der Waals surface area contributed by atoms with Crippen molar-refractivity contribution in [2.75, 3.05) is 0 Å². The van der Waals surface area contributed by atoms with Gasteiger partial charge in [-0.25, -0.2) is 0 Å². The van der Waals surface area contributed by atoms with Crippen molar-refractivity contribution in [3.63, 3.8) is 0 Å². The second-order valence-electron chi connectivity index (χ2n) is 4.08. The van der Waals surface area contributed by atoms with Crippen LogP contribution in [0.15, 0.2) is 18.2 Å². The molecule has 1 N–H and O–H groups in total. The largest absolute Gasteiger partial charge is 0.481 e. The average Bonchev–Trinajstić information content (AvgIpc) is 3.08. The molecule has 1 aromatic rings. The molecule has 1 aliphatic carbocycles. The van der Waals surface area contributed by atoms with Crippen LogP contribution in [0.4, 0.5) is 5.69 Å². The van der Waals surface area contributed by atoms with Crippen LogP contribution in [0.1, 0.15) is 6.42 Å². The van der Waals surface area contributed by atoms with Gasteiger partial charge in [0.2, 0.25) is 0 Å². The van der Waals surface area contributed by atoms with Crippen LogP contribution >= 0.6 is 11.6 Å². The lowest BCUT2D eigenvalue weighted by Crippen LogP contribution is -2.14. The van der Waals surface area contributed by atoms with Crippen molar-refractivity contribution in [1.29, 1.82) is 0 Å². The zero-order valence-electron chi connectivity index (χ0n) is 9.41. The maximum Gasteiger partial charge on any atom is 0.315 e. The van der Waals surface area contributed by atoms with E-state index in [0.717, 1.165) is 12.1 Å². The Labute approximate surface area is 111 Å². The molecule has 1 saturated carbocycles. The molecule has 2 rings (SSSR count). The second-order valence-corrected chi connectivity index (χ2v) is 4.49. The molecule has 100 valence electrons. The van der Waals surface area contributed by atoms with E-state index >= 15 is 0 Å². The van der Waals surface area contributed by atoms with Crippen LogP contribution in [0, 0.1) is 22.0 Å². The molecule has 0 aliphatic heterocycles. The molecule has 0 bridgehead atoms. The quantitative estimate of drug-likeness (QED) is 0.392. The number of ether oxygens (including phenoxy) is 1. The van der Waals surface area contributed by atoms with Crippen molar-refractivity contribution in [3.8, 4) is 5.75 Å². The first-order valence-electron chi connectivity index (χ1n) is 5.28. The number of nitro groups is 1. The summed E-state index contributed by atoms with van der Waals surface area (Å²) in [6.45, 7) is 0. The van der Waals surface area contributed by atoms with Crippen molar-refractivity contribution in [2.45, 2.75) is 6.42 Å². The minimum Gasteiger partial charge on any atom is -0.481 e. The highest BCUT2D eigenvalue weighted by molar-refractivity contribution is 6.32. The standard InChI is InChI=1S/C11H8ClNO6/c12-8-3-5(1-2-9(8)13(17)18)19-11(16)7-4-6(7)10(14)15/h1-3,6-7H,4H2,(H,14,15)/t6-,7-/m1/s1. The molecule has 1 fully saturated rings. The van der Waals surface area contributed by atoms with E-state index in [1.807, 2.05) is 0 Å². The molecule has 1 aliphatic rings. The number of carboxylic acids is 1. The molecule has 0 radical (unpaired) electrons. The van der Waals surface area contributed by atoms with Gasteiger partial charge in [-0.05, 0) is 12.5 Å². The summed E-state index contributed by atoms with van der Waals surface area (Å²) in [7, 11) is 0. The van der Waals surface area contributed by atoms with E-state index in [1.54, 1.807) is 0 Å². The van der Waals surface area contributed by atoms with Crippen LogP contribution in [-0.4, -0.2) is 22.0 Å². The first kappa shape index (κ1) is 13.3. The van der Waals surface area contributed by atoms with Gasteiger partial charge in [0.05, 0.1) is 16.8 Å². The number of hydrogen-bond donors (Lipinski definition) is 1. The number of carboxylic acid groups (broad SMARTS) is 1. The molecule has 1 aromatic carbocycles. The third-order valence-corrected chi connectivity index (χ3v) is 3.05. The van der Waals surface area contributed by atoms with Crippen LogP contribution in [0.25, 0.3) is 0 Å². The summed E-state index contributed by atoms with van der Waals surface area (Å²) >= 11 is 5.66. The summed E-state index contributed by atoms with van der Waals surface area (Å²) in [4.78, 5) is 32.0.